The normalized spacial score (nSPS) is 10.6. The van der Waals surface area contributed by atoms with Gasteiger partial charge in [-0.3, -0.25) is 4.79 Å². The molecule has 0 bridgehead atoms. The highest BCUT2D eigenvalue weighted by atomic mass is 35.5. The lowest BCUT2D eigenvalue weighted by molar-refractivity contribution is 1.25. The van der Waals surface area contributed by atoms with Crippen LogP contribution in [0.5, 0.6) is 0 Å². The zero-order valence-corrected chi connectivity index (χ0v) is 7.72. The second-order valence-corrected chi connectivity index (χ2v) is 3.20. The Balaban J connectivity index is 3.03. The summed E-state index contributed by atoms with van der Waals surface area (Å²) in [5, 5.41) is 1.23. The van der Waals surface area contributed by atoms with Crippen molar-refractivity contribution in [3.8, 4) is 0 Å². The van der Waals surface area contributed by atoms with Crippen molar-refractivity contribution >= 4 is 22.5 Å². The van der Waals surface area contributed by atoms with E-state index in [0.29, 0.717) is 5.15 Å². The van der Waals surface area contributed by atoms with Gasteiger partial charge in [0.1, 0.15) is 5.15 Å². The van der Waals surface area contributed by atoms with Crippen molar-refractivity contribution in [1.82, 2.24) is 9.97 Å². The first kappa shape index (κ1) is 8.26. The van der Waals surface area contributed by atoms with Crippen LogP contribution in [0.3, 0.4) is 0 Å². The number of aromatic nitrogens is 2. The van der Waals surface area contributed by atoms with Gasteiger partial charge in [-0.05, 0) is 18.6 Å². The van der Waals surface area contributed by atoms with E-state index in [2.05, 4.69) is 9.97 Å². The number of hydrogen-bond donors (Lipinski definition) is 1. The van der Waals surface area contributed by atoms with Crippen LogP contribution in [0.25, 0.3) is 10.9 Å². The fourth-order valence-corrected chi connectivity index (χ4v) is 1.66. The number of hydrogen-bond acceptors (Lipinski definition) is 2. The maximum atomic E-state index is 11.1. The van der Waals surface area contributed by atoms with Crippen LogP contribution in [0.2, 0.25) is 5.15 Å². The molecule has 0 saturated heterocycles. The number of H-pyrrole nitrogens is 1. The Morgan fingerprint density at radius 3 is 3.08 bits per heavy atom. The Morgan fingerprint density at radius 1 is 1.54 bits per heavy atom. The summed E-state index contributed by atoms with van der Waals surface area (Å²) in [6, 6.07) is 3.24. The molecule has 0 fully saturated rings. The summed E-state index contributed by atoms with van der Waals surface area (Å²) >= 11 is 5.88. The van der Waals surface area contributed by atoms with Crippen LogP contribution >= 0.6 is 11.6 Å². The Kier molecular flexibility index (Phi) is 1.81. The van der Waals surface area contributed by atoms with E-state index < -0.39 is 0 Å². The van der Waals surface area contributed by atoms with E-state index in [1.165, 1.54) is 6.07 Å². The first-order valence-electron chi connectivity index (χ1n) is 3.82. The number of fused-ring (bicyclic) bond motifs is 1. The summed E-state index contributed by atoms with van der Waals surface area (Å²) in [5.74, 6) is 0. The van der Waals surface area contributed by atoms with E-state index in [0.717, 1.165) is 16.5 Å². The molecule has 4 heteroatoms. The van der Waals surface area contributed by atoms with Crippen molar-refractivity contribution < 1.29 is 0 Å². The Labute approximate surface area is 79.4 Å². The molecule has 1 N–H and O–H groups in total. The number of halogens is 1. The summed E-state index contributed by atoms with van der Waals surface area (Å²) < 4.78 is 0. The minimum absolute atomic E-state index is 0.118. The highest BCUT2D eigenvalue weighted by molar-refractivity contribution is 6.34. The van der Waals surface area contributed by atoms with E-state index >= 15 is 0 Å². The van der Waals surface area contributed by atoms with Crippen LogP contribution in [0.1, 0.15) is 5.56 Å². The maximum absolute atomic E-state index is 11.1. The summed E-state index contributed by atoms with van der Waals surface area (Å²) in [6.07, 6.45) is 1.57. The Hall–Kier alpha value is -1.35. The molecule has 0 atom stereocenters. The summed E-state index contributed by atoms with van der Waals surface area (Å²) in [6.45, 7) is 1.84. The van der Waals surface area contributed by atoms with Gasteiger partial charge >= 0.3 is 0 Å². The first-order valence-corrected chi connectivity index (χ1v) is 4.20. The molecule has 2 rings (SSSR count). The number of nitrogens with one attached hydrogen (secondary N) is 1. The average Bonchev–Trinajstić information content (AvgIpc) is 2.02. The standard InChI is InChI=1S/C9H7ClN2O/c1-5-4-7(13)12-6-2-3-11-9(10)8(5)6/h2-4H,1H3,(H,12,13). The molecular formula is C9H7ClN2O. The van der Waals surface area contributed by atoms with Gasteiger partial charge in [0, 0.05) is 17.6 Å². The molecule has 2 heterocycles. The summed E-state index contributed by atoms with van der Waals surface area (Å²) in [5.41, 5.74) is 1.45. The van der Waals surface area contributed by atoms with Gasteiger partial charge in [-0.15, -0.1) is 0 Å². The SMILES string of the molecule is Cc1cc(=O)[nH]c2ccnc(Cl)c12. The summed E-state index contributed by atoms with van der Waals surface area (Å²) in [7, 11) is 0. The van der Waals surface area contributed by atoms with Crippen LogP contribution in [-0.4, -0.2) is 9.97 Å². The number of pyridine rings is 2. The Bertz CT molecular complexity index is 518. The molecule has 0 aliphatic rings. The molecule has 0 aliphatic heterocycles. The topological polar surface area (TPSA) is 45.8 Å². The molecule has 13 heavy (non-hydrogen) atoms. The van der Waals surface area contributed by atoms with Gasteiger partial charge in [0.05, 0.1) is 5.52 Å². The monoisotopic (exact) mass is 194 g/mol. The third-order valence-corrected chi connectivity index (χ3v) is 2.19. The highest BCUT2D eigenvalue weighted by Crippen LogP contribution is 2.20. The van der Waals surface area contributed by atoms with E-state index in [1.54, 1.807) is 12.3 Å². The van der Waals surface area contributed by atoms with E-state index in [1.807, 2.05) is 6.92 Å². The van der Waals surface area contributed by atoms with Crippen LogP contribution in [0.15, 0.2) is 23.1 Å². The summed E-state index contributed by atoms with van der Waals surface area (Å²) in [4.78, 5) is 17.7. The predicted molar refractivity (Wildman–Crippen MR) is 52.1 cm³/mol. The fourth-order valence-electron chi connectivity index (χ4n) is 1.35. The third kappa shape index (κ3) is 1.31. The minimum atomic E-state index is -0.118. The van der Waals surface area contributed by atoms with Crippen LogP contribution in [-0.2, 0) is 0 Å². The molecule has 0 spiro atoms. The zero-order valence-electron chi connectivity index (χ0n) is 6.97. The largest absolute Gasteiger partial charge is 0.322 e. The van der Waals surface area contributed by atoms with E-state index in [-0.39, 0.29) is 5.56 Å². The molecule has 0 unspecified atom stereocenters. The first-order chi connectivity index (χ1) is 6.18. The number of aryl methyl sites for hydroxylation is 1. The van der Waals surface area contributed by atoms with Crippen LogP contribution in [0.4, 0.5) is 0 Å². The van der Waals surface area contributed by atoms with Gasteiger partial charge in [0.2, 0.25) is 5.56 Å². The lowest BCUT2D eigenvalue weighted by Crippen LogP contribution is -2.05. The number of nitrogens with zero attached hydrogens (tertiary/aromatic N) is 1. The van der Waals surface area contributed by atoms with Crippen LogP contribution in [0, 0.1) is 6.92 Å². The predicted octanol–water partition coefficient (Wildman–Crippen LogP) is 1.88. The van der Waals surface area contributed by atoms with Crippen molar-refractivity contribution in [3.05, 3.63) is 39.4 Å². The second-order valence-electron chi connectivity index (χ2n) is 2.84. The molecule has 0 saturated carbocycles. The number of rotatable bonds is 0. The quantitative estimate of drug-likeness (QED) is 0.651. The number of aromatic amines is 1. The van der Waals surface area contributed by atoms with Gasteiger partial charge in [-0.25, -0.2) is 4.98 Å². The molecule has 2 aromatic heterocycles. The molecule has 2 aromatic rings. The minimum Gasteiger partial charge on any atom is -0.322 e. The van der Waals surface area contributed by atoms with Gasteiger partial charge < -0.3 is 4.98 Å². The highest BCUT2D eigenvalue weighted by Gasteiger charge is 2.03. The molecule has 0 amide bonds. The van der Waals surface area contributed by atoms with Crippen molar-refractivity contribution in [2.45, 2.75) is 6.92 Å². The Morgan fingerprint density at radius 2 is 2.31 bits per heavy atom. The van der Waals surface area contributed by atoms with Gasteiger partial charge in [0.25, 0.3) is 0 Å². The fraction of sp³-hybridized carbons (Fsp3) is 0.111. The van der Waals surface area contributed by atoms with E-state index in [9.17, 15) is 4.79 Å². The third-order valence-electron chi connectivity index (χ3n) is 1.90. The van der Waals surface area contributed by atoms with Gasteiger partial charge in [-0.2, -0.15) is 0 Å². The molecule has 0 aromatic carbocycles. The van der Waals surface area contributed by atoms with Crippen molar-refractivity contribution in [2.75, 3.05) is 0 Å². The second kappa shape index (κ2) is 2.85. The lowest BCUT2D eigenvalue weighted by atomic mass is 10.2. The van der Waals surface area contributed by atoms with Crippen LogP contribution < -0.4 is 5.56 Å². The zero-order chi connectivity index (χ0) is 9.42. The molecule has 0 aliphatic carbocycles. The molecule has 3 nitrogen and oxygen atoms in total. The average molecular weight is 195 g/mol. The maximum Gasteiger partial charge on any atom is 0.248 e. The van der Waals surface area contributed by atoms with Gasteiger partial charge in [-0.1, -0.05) is 11.6 Å². The van der Waals surface area contributed by atoms with Crippen molar-refractivity contribution in [2.24, 2.45) is 0 Å². The molecule has 66 valence electrons. The van der Waals surface area contributed by atoms with Crippen molar-refractivity contribution in [1.29, 1.82) is 0 Å². The molecule has 0 radical (unpaired) electrons. The van der Waals surface area contributed by atoms with Crippen molar-refractivity contribution in [3.63, 3.8) is 0 Å². The van der Waals surface area contributed by atoms with E-state index in [4.69, 9.17) is 11.6 Å². The lowest BCUT2D eigenvalue weighted by Gasteiger charge is -2.01. The molecular weight excluding hydrogens is 188 g/mol. The smallest absolute Gasteiger partial charge is 0.248 e. The van der Waals surface area contributed by atoms with Gasteiger partial charge in [0.15, 0.2) is 0 Å².